The zero-order chi connectivity index (χ0) is 14.4. The molecule has 3 nitrogen and oxygen atoms in total. The number of rotatable bonds is 7. The first-order valence-corrected chi connectivity index (χ1v) is 6.92. The van der Waals surface area contributed by atoms with Crippen LogP contribution in [0.5, 0.6) is 5.75 Å². The first kappa shape index (κ1) is 15.7. The molecule has 0 heterocycles. The molecule has 1 aromatic carbocycles. The number of nitrogens with zero attached hydrogens (tertiary/aromatic N) is 1. The van der Waals surface area contributed by atoms with E-state index < -0.39 is 0 Å². The average molecular weight is 263 g/mol. The largest absolute Gasteiger partial charge is 0.494 e. The highest BCUT2D eigenvalue weighted by atomic mass is 16.5. The SMILES string of the molecule is CCOc1ccc(C(=O)CN(C)C(C)C(C)C)cc1. The maximum Gasteiger partial charge on any atom is 0.176 e. The van der Waals surface area contributed by atoms with Gasteiger partial charge in [0.1, 0.15) is 5.75 Å². The molecule has 0 aromatic heterocycles. The van der Waals surface area contributed by atoms with Gasteiger partial charge in [0.05, 0.1) is 13.2 Å². The molecule has 0 amide bonds. The summed E-state index contributed by atoms with van der Waals surface area (Å²) < 4.78 is 5.37. The Labute approximate surface area is 116 Å². The first-order valence-electron chi connectivity index (χ1n) is 6.92. The lowest BCUT2D eigenvalue weighted by atomic mass is 10.0. The van der Waals surface area contributed by atoms with Crippen LogP contribution in [-0.2, 0) is 0 Å². The highest BCUT2D eigenvalue weighted by Gasteiger charge is 2.16. The Balaban J connectivity index is 2.62. The number of ketones is 1. The Morgan fingerprint density at radius 3 is 2.26 bits per heavy atom. The van der Waals surface area contributed by atoms with Crippen LogP contribution in [0.3, 0.4) is 0 Å². The number of hydrogen-bond acceptors (Lipinski definition) is 3. The van der Waals surface area contributed by atoms with Gasteiger partial charge in [0, 0.05) is 11.6 Å². The maximum atomic E-state index is 12.2. The molecule has 0 aliphatic rings. The number of likely N-dealkylation sites (N-methyl/N-ethyl adjacent to an activating group) is 1. The van der Waals surface area contributed by atoms with Crippen molar-refractivity contribution < 1.29 is 9.53 Å². The van der Waals surface area contributed by atoms with Crippen LogP contribution in [0.4, 0.5) is 0 Å². The third-order valence-electron chi connectivity index (χ3n) is 3.54. The van der Waals surface area contributed by atoms with Crippen LogP contribution in [0.25, 0.3) is 0 Å². The third-order valence-corrected chi connectivity index (χ3v) is 3.54. The van der Waals surface area contributed by atoms with E-state index in [1.165, 1.54) is 0 Å². The Hall–Kier alpha value is -1.35. The summed E-state index contributed by atoms with van der Waals surface area (Å²) in [5.74, 6) is 1.50. The fourth-order valence-corrected chi connectivity index (χ4v) is 1.87. The fourth-order valence-electron chi connectivity index (χ4n) is 1.87. The molecule has 1 aromatic rings. The molecule has 0 saturated heterocycles. The van der Waals surface area contributed by atoms with Crippen LogP contribution in [0.1, 0.15) is 38.1 Å². The summed E-state index contributed by atoms with van der Waals surface area (Å²) in [5.41, 5.74) is 0.742. The van der Waals surface area contributed by atoms with Gasteiger partial charge in [0.25, 0.3) is 0 Å². The van der Waals surface area contributed by atoms with Crippen LogP contribution in [0.15, 0.2) is 24.3 Å². The van der Waals surface area contributed by atoms with Crippen molar-refractivity contribution in [2.75, 3.05) is 20.2 Å². The molecule has 0 radical (unpaired) electrons. The number of Topliss-reactive ketones (excluding diaryl/α,β-unsaturated/α-hetero) is 1. The van der Waals surface area contributed by atoms with Gasteiger partial charge in [-0.2, -0.15) is 0 Å². The molecule has 1 unspecified atom stereocenters. The minimum Gasteiger partial charge on any atom is -0.494 e. The van der Waals surface area contributed by atoms with Crippen molar-refractivity contribution >= 4 is 5.78 Å². The topological polar surface area (TPSA) is 29.5 Å². The molecule has 0 saturated carbocycles. The van der Waals surface area contributed by atoms with Gasteiger partial charge in [0.15, 0.2) is 5.78 Å². The predicted octanol–water partition coefficient (Wildman–Crippen LogP) is 3.24. The molecule has 0 bridgehead atoms. The fraction of sp³-hybridized carbons (Fsp3) is 0.562. The summed E-state index contributed by atoms with van der Waals surface area (Å²) in [5, 5.41) is 0. The summed E-state index contributed by atoms with van der Waals surface area (Å²) in [6.45, 7) is 9.53. The minimum atomic E-state index is 0.151. The van der Waals surface area contributed by atoms with E-state index in [1.54, 1.807) is 0 Å². The summed E-state index contributed by atoms with van der Waals surface area (Å²) in [6, 6.07) is 7.76. The van der Waals surface area contributed by atoms with Crippen molar-refractivity contribution in [3.8, 4) is 5.75 Å². The molecule has 0 spiro atoms. The van der Waals surface area contributed by atoms with E-state index in [0.717, 1.165) is 11.3 Å². The van der Waals surface area contributed by atoms with Gasteiger partial charge in [-0.05, 0) is 51.1 Å². The van der Waals surface area contributed by atoms with Gasteiger partial charge in [-0.3, -0.25) is 9.69 Å². The zero-order valence-electron chi connectivity index (χ0n) is 12.6. The molecule has 19 heavy (non-hydrogen) atoms. The average Bonchev–Trinajstić information content (AvgIpc) is 2.38. The second kappa shape index (κ2) is 7.29. The van der Waals surface area contributed by atoms with E-state index in [-0.39, 0.29) is 5.78 Å². The monoisotopic (exact) mass is 263 g/mol. The number of hydrogen-bond donors (Lipinski definition) is 0. The Bertz CT molecular complexity index is 398. The molecule has 0 aliphatic heterocycles. The smallest absolute Gasteiger partial charge is 0.176 e. The Morgan fingerprint density at radius 1 is 1.21 bits per heavy atom. The zero-order valence-corrected chi connectivity index (χ0v) is 12.6. The van der Waals surface area contributed by atoms with Crippen LogP contribution >= 0.6 is 0 Å². The molecular formula is C16H25NO2. The second-order valence-electron chi connectivity index (χ2n) is 5.28. The first-order chi connectivity index (χ1) is 8.95. The third kappa shape index (κ3) is 4.67. The summed E-state index contributed by atoms with van der Waals surface area (Å²) in [6.07, 6.45) is 0. The van der Waals surface area contributed by atoms with E-state index >= 15 is 0 Å². The van der Waals surface area contributed by atoms with Crippen molar-refractivity contribution in [1.82, 2.24) is 4.90 Å². The van der Waals surface area contributed by atoms with Crippen LogP contribution < -0.4 is 4.74 Å². The van der Waals surface area contributed by atoms with Gasteiger partial charge >= 0.3 is 0 Å². The summed E-state index contributed by atoms with van der Waals surface area (Å²) in [7, 11) is 2.00. The predicted molar refractivity (Wildman–Crippen MR) is 78.9 cm³/mol. The van der Waals surface area contributed by atoms with Gasteiger partial charge in [-0.1, -0.05) is 13.8 Å². The van der Waals surface area contributed by atoms with Gasteiger partial charge < -0.3 is 4.74 Å². The van der Waals surface area contributed by atoms with Gasteiger partial charge in [0.2, 0.25) is 0 Å². The Kier molecular flexibility index (Phi) is 6.03. The number of carbonyl (C=O) groups is 1. The highest BCUT2D eigenvalue weighted by Crippen LogP contribution is 2.14. The molecule has 1 rings (SSSR count). The summed E-state index contributed by atoms with van der Waals surface area (Å²) in [4.78, 5) is 14.3. The lowest BCUT2D eigenvalue weighted by molar-refractivity contribution is 0.0907. The van der Waals surface area contributed by atoms with Crippen molar-refractivity contribution in [3.05, 3.63) is 29.8 Å². The minimum absolute atomic E-state index is 0.151. The lowest BCUT2D eigenvalue weighted by Gasteiger charge is -2.27. The number of ether oxygens (including phenoxy) is 1. The molecule has 0 N–H and O–H groups in total. The quantitative estimate of drug-likeness (QED) is 0.707. The number of benzene rings is 1. The normalized spacial score (nSPS) is 12.8. The van der Waals surface area contributed by atoms with Crippen LogP contribution in [-0.4, -0.2) is 36.9 Å². The molecule has 3 heteroatoms. The molecule has 106 valence electrons. The summed E-state index contributed by atoms with van der Waals surface area (Å²) >= 11 is 0. The highest BCUT2D eigenvalue weighted by molar-refractivity contribution is 5.97. The van der Waals surface area contributed by atoms with E-state index in [9.17, 15) is 4.79 Å². The van der Waals surface area contributed by atoms with Crippen molar-refractivity contribution in [2.24, 2.45) is 5.92 Å². The molecule has 0 aliphatic carbocycles. The molecule has 1 atom stereocenters. The second-order valence-corrected chi connectivity index (χ2v) is 5.28. The number of carbonyl (C=O) groups excluding carboxylic acids is 1. The van der Waals surface area contributed by atoms with Crippen molar-refractivity contribution in [2.45, 2.75) is 33.7 Å². The van der Waals surface area contributed by atoms with Crippen LogP contribution in [0.2, 0.25) is 0 Å². The lowest BCUT2D eigenvalue weighted by Crippen LogP contribution is -2.37. The maximum absolute atomic E-state index is 12.2. The van der Waals surface area contributed by atoms with E-state index in [0.29, 0.717) is 25.1 Å². The van der Waals surface area contributed by atoms with E-state index in [2.05, 4.69) is 25.7 Å². The van der Waals surface area contributed by atoms with Gasteiger partial charge in [-0.15, -0.1) is 0 Å². The Morgan fingerprint density at radius 2 is 1.79 bits per heavy atom. The van der Waals surface area contributed by atoms with Crippen LogP contribution in [0, 0.1) is 5.92 Å². The van der Waals surface area contributed by atoms with Crippen molar-refractivity contribution in [1.29, 1.82) is 0 Å². The van der Waals surface area contributed by atoms with E-state index in [4.69, 9.17) is 4.74 Å². The van der Waals surface area contributed by atoms with Crippen molar-refractivity contribution in [3.63, 3.8) is 0 Å². The van der Waals surface area contributed by atoms with Gasteiger partial charge in [-0.25, -0.2) is 0 Å². The molecular weight excluding hydrogens is 238 g/mol. The van der Waals surface area contributed by atoms with E-state index in [1.807, 2.05) is 38.2 Å². The molecule has 0 fully saturated rings. The standard InChI is InChI=1S/C16H25NO2/c1-6-19-15-9-7-14(8-10-15)16(18)11-17(5)13(4)12(2)3/h7-10,12-13H,6,11H2,1-5H3.